The standard InChI is InChI=1S/C14H10BrF2N3/c1-7-8(15)3-2-4-11(7)20-13-10(19-14(20)18)6-5-9(16)12(13)17/h2-6H,1H3,(H2,18,19). The lowest BCUT2D eigenvalue weighted by Crippen LogP contribution is -2.04. The molecule has 0 fully saturated rings. The molecule has 2 N–H and O–H groups in total. The maximum Gasteiger partial charge on any atom is 0.206 e. The molecular weight excluding hydrogens is 328 g/mol. The molecule has 0 radical (unpaired) electrons. The number of halogens is 3. The number of nitrogen functional groups attached to an aromatic ring is 1. The van der Waals surface area contributed by atoms with Crippen molar-refractivity contribution < 1.29 is 8.78 Å². The molecule has 3 nitrogen and oxygen atoms in total. The van der Waals surface area contributed by atoms with Crippen LogP contribution in [0.15, 0.2) is 34.8 Å². The van der Waals surface area contributed by atoms with Crippen molar-refractivity contribution in [2.45, 2.75) is 6.92 Å². The van der Waals surface area contributed by atoms with E-state index in [9.17, 15) is 8.78 Å². The number of fused-ring (bicyclic) bond motifs is 1. The van der Waals surface area contributed by atoms with Crippen LogP contribution in [0.25, 0.3) is 16.7 Å². The van der Waals surface area contributed by atoms with Crippen molar-refractivity contribution in [3.05, 3.63) is 52.0 Å². The van der Waals surface area contributed by atoms with Gasteiger partial charge >= 0.3 is 0 Å². The Kier molecular flexibility index (Phi) is 2.97. The summed E-state index contributed by atoms with van der Waals surface area (Å²) in [5.41, 5.74) is 7.76. The number of rotatable bonds is 1. The number of hydrogen-bond acceptors (Lipinski definition) is 2. The molecule has 3 aromatic rings. The van der Waals surface area contributed by atoms with Gasteiger partial charge in [-0.25, -0.2) is 13.8 Å². The number of anilines is 1. The largest absolute Gasteiger partial charge is 0.369 e. The van der Waals surface area contributed by atoms with Gasteiger partial charge in [0, 0.05) is 4.47 Å². The zero-order valence-corrected chi connectivity index (χ0v) is 12.1. The van der Waals surface area contributed by atoms with Gasteiger partial charge in [-0.3, -0.25) is 4.57 Å². The van der Waals surface area contributed by atoms with Crippen LogP contribution >= 0.6 is 15.9 Å². The number of imidazole rings is 1. The van der Waals surface area contributed by atoms with E-state index in [0.29, 0.717) is 11.2 Å². The van der Waals surface area contributed by atoms with Crippen molar-refractivity contribution in [2.75, 3.05) is 5.73 Å². The van der Waals surface area contributed by atoms with Crippen LogP contribution in [0.1, 0.15) is 5.56 Å². The molecule has 6 heteroatoms. The molecular formula is C14H10BrF2N3. The second kappa shape index (κ2) is 4.56. The van der Waals surface area contributed by atoms with Gasteiger partial charge in [0.25, 0.3) is 0 Å². The van der Waals surface area contributed by atoms with Crippen LogP contribution in [-0.4, -0.2) is 9.55 Å². The fourth-order valence-corrected chi connectivity index (χ4v) is 2.56. The highest BCUT2D eigenvalue weighted by atomic mass is 79.9. The summed E-state index contributed by atoms with van der Waals surface area (Å²) < 4.78 is 29.8. The van der Waals surface area contributed by atoms with E-state index < -0.39 is 11.6 Å². The third kappa shape index (κ3) is 1.79. The van der Waals surface area contributed by atoms with E-state index in [-0.39, 0.29) is 11.5 Å². The van der Waals surface area contributed by atoms with E-state index in [4.69, 9.17) is 5.73 Å². The molecule has 0 aliphatic carbocycles. The maximum absolute atomic E-state index is 14.1. The summed E-state index contributed by atoms with van der Waals surface area (Å²) in [6.45, 7) is 1.86. The van der Waals surface area contributed by atoms with Crippen LogP contribution in [0.5, 0.6) is 0 Å². The molecule has 0 bridgehead atoms. The molecule has 0 amide bonds. The van der Waals surface area contributed by atoms with Crippen LogP contribution < -0.4 is 5.73 Å². The van der Waals surface area contributed by atoms with E-state index in [1.807, 2.05) is 13.0 Å². The van der Waals surface area contributed by atoms with Crippen molar-refractivity contribution >= 4 is 32.9 Å². The second-order valence-corrected chi connectivity index (χ2v) is 5.27. The molecule has 102 valence electrons. The Morgan fingerprint density at radius 3 is 2.70 bits per heavy atom. The van der Waals surface area contributed by atoms with Crippen molar-refractivity contribution in [3.8, 4) is 5.69 Å². The van der Waals surface area contributed by atoms with Gasteiger partial charge in [-0.1, -0.05) is 22.0 Å². The highest BCUT2D eigenvalue weighted by molar-refractivity contribution is 9.10. The van der Waals surface area contributed by atoms with E-state index >= 15 is 0 Å². The molecule has 0 unspecified atom stereocenters. The first-order valence-corrected chi connectivity index (χ1v) is 6.67. The summed E-state index contributed by atoms with van der Waals surface area (Å²) in [5.74, 6) is -1.76. The minimum Gasteiger partial charge on any atom is -0.369 e. The molecule has 1 heterocycles. The van der Waals surface area contributed by atoms with Gasteiger partial charge in [-0.05, 0) is 36.8 Å². The molecule has 1 aromatic heterocycles. The van der Waals surface area contributed by atoms with Crippen molar-refractivity contribution in [2.24, 2.45) is 0 Å². The molecule has 20 heavy (non-hydrogen) atoms. The van der Waals surface area contributed by atoms with E-state index in [0.717, 1.165) is 16.1 Å². The molecule has 0 atom stereocenters. The summed E-state index contributed by atoms with van der Waals surface area (Å²) in [4.78, 5) is 4.08. The second-order valence-electron chi connectivity index (χ2n) is 4.42. The lowest BCUT2D eigenvalue weighted by Gasteiger charge is -2.11. The lowest BCUT2D eigenvalue weighted by atomic mass is 10.2. The van der Waals surface area contributed by atoms with Gasteiger partial charge < -0.3 is 5.73 Å². The average molecular weight is 338 g/mol. The zero-order valence-electron chi connectivity index (χ0n) is 10.5. The first kappa shape index (κ1) is 13.1. The number of nitrogens with two attached hydrogens (primary N) is 1. The van der Waals surface area contributed by atoms with Gasteiger partial charge in [0.1, 0.15) is 5.52 Å². The predicted molar refractivity (Wildman–Crippen MR) is 77.8 cm³/mol. The SMILES string of the molecule is Cc1c(Br)cccc1-n1c(N)nc2ccc(F)c(F)c21. The quantitative estimate of drug-likeness (QED) is 0.730. The van der Waals surface area contributed by atoms with Gasteiger partial charge in [-0.15, -0.1) is 0 Å². The van der Waals surface area contributed by atoms with Crippen LogP contribution in [0, 0.1) is 18.6 Å². The highest BCUT2D eigenvalue weighted by Crippen LogP contribution is 2.30. The third-order valence-electron chi connectivity index (χ3n) is 3.22. The summed E-state index contributed by atoms with van der Waals surface area (Å²) in [6.07, 6.45) is 0. The van der Waals surface area contributed by atoms with Gasteiger partial charge in [-0.2, -0.15) is 0 Å². The molecule has 0 aliphatic heterocycles. The van der Waals surface area contributed by atoms with Crippen LogP contribution in [0.4, 0.5) is 14.7 Å². The van der Waals surface area contributed by atoms with E-state index in [1.165, 1.54) is 10.6 Å². The minimum atomic E-state index is -0.953. The van der Waals surface area contributed by atoms with Crippen LogP contribution in [0.2, 0.25) is 0 Å². The summed E-state index contributed by atoms with van der Waals surface area (Å²) in [6, 6.07) is 7.90. The Morgan fingerprint density at radius 1 is 1.20 bits per heavy atom. The first-order valence-electron chi connectivity index (χ1n) is 5.88. The molecule has 0 spiro atoms. The van der Waals surface area contributed by atoms with Crippen molar-refractivity contribution in [1.29, 1.82) is 0 Å². The summed E-state index contributed by atoms with van der Waals surface area (Å²) >= 11 is 3.41. The van der Waals surface area contributed by atoms with Crippen LogP contribution in [-0.2, 0) is 0 Å². The topological polar surface area (TPSA) is 43.8 Å². The number of hydrogen-bond donors (Lipinski definition) is 1. The Labute approximate surface area is 122 Å². The summed E-state index contributed by atoms with van der Waals surface area (Å²) in [5, 5.41) is 0. The number of nitrogens with zero attached hydrogens (tertiary/aromatic N) is 2. The van der Waals surface area contributed by atoms with E-state index in [1.54, 1.807) is 12.1 Å². The van der Waals surface area contributed by atoms with Crippen LogP contribution in [0.3, 0.4) is 0 Å². The van der Waals surface area contributed by atoms with E-state index in [2.05, 4.69) is 20.9 Å². The Hall–Kier alpha value is -1.95. The fraction of sp³-hybridized carbons (Fsp3) is 0.0714. The van der Waals surface area contributed by atoms with Crippen molar-refractivity contribution in [1.82, 2.24) is 9.55 Å². The number of aromatic nitrogens is 2. The third-order valence-corrected chi connectivity index (χ3v) is 4.07. The maximum atomic E-state index is 14.1. The minimum absolute atomic E-state index is 0.0451. The highest BCUT2D eigenvalue weighted by Gasteiger charge is 2.18. The zero-order chi connectivity index (χ0) is 14.4. The van der Waals surface area contributed by atoms with Gasteiger partial charge in [0.05, 0.1) is 11.2 Å². The molecule has 0 aliphatic rings. The Morgan fingerprint density at radius 2 is 1.95 bits per heavy atom. The summed E-state index contributed by atoms with van der Waals surface area (Å²) in [7, 11) is 0. The van der Waals surface area contributed by atoms with Gasteiger partial charge in [0.2, 0.25) is 5.95 Å². The average Bonchev–Trinajstić information content (AvgIpc) is 2.75. The monoisotopic (exact) mass is 337 g/mol. The Balaban J connectivity index is 2.45. The van der Waals surface area contributed by atoms with Gasteiger partial charge in [0.15, 0.2) is 11.6 Å². The Bertz CT molecular complexity index is 827. The van der Waals surface area contributed by atoms with Crippen molar-refractivity contribution in [3.63, 3.8) is 0 Å². The molecule has 2 aromatic carbocycles. The number of benzene rings is 2. The molecule has 0 saturated heterocycles. The predicted octanol–water partition coefficient (Wildman–Crippen LogP) is 3.96. The normalized spacial score (nSPS) is 11.2. The molecule has 3 rings (SSSR count). The molecule has 0 saturated carbocycles. The fourth-order valence-electron chi connectivity index (χ4n) is 2.20. The first-order chi connectivity index (χ1) is 9.50. The lowest BCUT2D eigenvalue weighted by molar-refractivity contribution is 0.514. The smallest absolute Gasteiger partial charge is 0.206 e.